The zero-order chi connectivity index (χ0) is 15.5. The van der Waals surface area contributed by atoms with Gasteiger partial charge in [-0.05, 0) is 46.0 Å². The Morgan fingerprint density at radius 3 is 2.73 bits per heavy atom. The molecule has 1 aliphatic rings. The lowest BCUT2D eigenvalue weighted by molar-refractivity contribution is 0.102. The fourth-order valence-corrected chi connectivity index (χ4v) is 2.84. The zero-order valence-electron chi connectivity index (χ0n) is 11.8. The standard InChI is InChI=1S/C13H15IN6O2/c14-10-2-1-3-11(8-10)20-16-12(15-17-20)9-18-4-6-19(7-5-18)13(21)22/h1-3,8H,4-7,9H2,(H,21,22). The minimum Gasteiger partial charge on any atom is -0.465 e. The molecule has 9 heteroatoms. The molecule has 0 aliphatic carbocycles. The first-order valence-electron chi connectivity index (χ1n) is 6.87. The summed E-state index contributed by atoms with van der Waals surface area (Å²) in [6.07, 6.45) is -0.859. The third-order valence-corrected chi connectivity index (χ3v) is 4.17. The van der Waals surface area contributed by atoms with Crippen LogP contribution in [0.5, 0.6) is 0 Å². The van der Waals surface area contributed by atoms with E-state index in [0.717, 1.165) is 9.26 Å². The van der Waals surface area contributed by atoms with E-state index in [0.29, 0.717) is 38.5 Å². The monoisotopic (exact) mass is 414 g/mol. The summed E-state index contributed by atoms with van der Waals surface area (Å²) >= 11 is 2.24. The van der Waals surface area contributed by atoms with Gasteiger partial charge in [-0.15, -0.1) is 15.0 Å². The second-order valence-electron chi connectivity index (χ2n) is 5.02. The Morgan fingerprint density at radius 1 is 1.27 bits per heavy atom. The molecular formula is C13H15IN6O2. The second kappa shape index (κ2) is 6.57. The Balaban J connectivity index is 1.62. The van der Waals surface area contributed by atoms with Crippen LogP contribution in [0.3, 0.4) is 0 Å². The van der Waals surface area contributed by atoms with E-state index in [1.54, 1.807) is 0 Å². The van der Waals surface area contributed by atoms with Gasteiger partial charge in [0.15, 0.2) is 5.82 Å². The van der Waals surface area contributed by atoms with Crippen molar-refractivity contribution < 1.29 is 9.90 Å². The van der Waals surface area contributed by atoms with Crippen molar-refractivity contribution in [1.29, 1.82) is 0 Å². The highest BCUT2D eigenvalue weighted by Gasteiger charge is 2.21. The summed E-state index contributed by atoms with van der Waals surface area (Å²) in [5, 5.41) is 21.5. The van der Waals surface area contributed by atoms with Crippen molar-refractivity contribution >= 4 is 28.7 Å². The first-order valence-corrected chi connectivity index (χ1v) is 7.95. The quantitative estimate of drug-likeness (QED) is 0.757. The summed E-state index contributed by atoms with van der Waals surface area (Å²) in [7, 11) is 0. The van der Waals surface area contributed by atoms with Gasteiger partial charge in [-0.2, -0.15) is 0 Å². The van der Waals surface area contributed by atoms with Crippen LogP contribution in [0.1, 0.15) is 5.82 Å². The number of carboxylic acid groups (broad SMARTS) is 1. The summed E-state index contributed by atoms with van der Waals surface area (Å²) < 4.78 is 1.11. The predicted molar refractivity (Wildman–Crippen MR) is 86.7 cm³/mol. The number of piperazine rings is 1. The SMILES string of the molecule is O=C(O)N1CCN(Cc2nnn(-c3cccc(I)c3)n2)CC1. The summed E-state index contributed by atoms with van der Waals surface area (Å²) in [5.74, 6) is 0.641. The molecule has 0 atom stereocenters. The number of benzene rings is 1. The van der Waals surface area contributed by atoms with E-state index in [1.165, 1.54) is 9.70 Å². The first kappa shape index (κ1) is 15.2. The number of rotatable bonds is 3. The lowest BCUT2D eigenvalue weighted by Crippen LogP contribution is -2.47. The van der Waals surface area contributed by atoms with E-state index >= 15 is 0 Å². The molecule has 1 aromatic carbocycles. The highest BCUT2D eigenvalue weighted by Crippen LogP contribution is 2.11. The molecular weight excluding hydrogens is 399 g/mol. The molecule has 22 heavy (non-hydrogen) atoms. The maximum absolute atomic E-state index is 10.9. The maximum atomic E-state index is 10.9. The van der Waals surface area contributed by atoms with Gasteiger partial charge in [0, 0.05) is 29.7 Å². The summed E-state index contributed by atoms with van der Waals surface area (Å²) in [4.78, 5) is 16.0. The molecule has 1 fully saturated rings. The second-order valence-corrected chi connectivity index (χ2v) is 6.27. The Morgan fingerprint density at radius 2 is 2.05 bits per heavy atom. The van der Waals surface area contributed by atoms with Gasteiger partial charge in [-0.25, -0.2) is 4.79 Å². The van der Waals surface area contributed by atoms with E-state index < -0.39 is 6.09 Å². The Kier molecular flexibility index (Phi) is 4.52. The summed E-state index contributed by atoms with van der Waals surface area (Å²) in [6, 6.07) is 7.87. The molecule has 0 unspecified atom stereocenters. The summed E-state index contributed by atoms with van der Waals surface area (Å²) in [6.45, 7) is 2.98. The van der Waals surface area contributed by atoms with Crippen molar-refractivity contribution in [2.45, 2.75) is 6.54 Å². The van der Waals surface area contributed by atoms with Crippen LogP contribution in [-0.4, -0.2) is 67.4 Å². The number of hydrogen-bond acceptors (Lipinski definition) is 5. The number of tetrazole rings is 1. The smallest absolute Gasteiger partial charge is 0.407 e. The minimum absolute atomic E-state index is 0.514. The third-order valence-electron chi connectivity index (χ3n) is 3.50. The molecule has 1 aromatic heterocycles. The number of carbonyl (C=O) groups is 1. The molecule has 0 saturated carbocycles. The number of nitrogens with zero attached hydrogens (tertiary/aromatic N) is 6. The highest BCUT2D eigenvalue weighted by molar-refractivity contribution is 14.1. The van der Waals surface area contributed by atoms with Gasteiger partial charge in [-0.3, -0.25) is 4.90 Å². The van der Waals surface area contributed by atoms with Gasteiger partial charge >= 0.3 is 6.09 Å². The largest absolute Gasteiger partial charge is 0.465 e. The van der Waals surface area contributed by atoms with Crippen LogP contribution in [0, 0.1) is 3.57 Å². The van der Waals surface area contributed by atoms with Crippen LogP contribution >= 0.6 is 22.6 Å². The van der Waals surface area contributed by atoms with E-state index in [-0.39, 0.29) is 0 Å². The van der Waals surface area contributed by atoms with Gasteiger partial charge in [0.05, 0.1) is 12.2 Å². The molecule has 8 nitrogen and oxygen atoms in total. The molecule has 3 rings (SSSR count). The van der Waals surface area contributed by atoms with Crippen LogP contribution in [0.15, 0.2) is 24.3 Å². The van der Waals surface area contributed by atoms with Gasteiger partial charge < -0.3 is 10.0 Å². The van der Waals surface area contributed by atoms with E-state index in [9.17, 15) is 4.79 Å². The average Bonchev–Trinajstić information content (AvgIpc) is 2.96. The van der Waals surface area contributed by atoms with Crippen molar-refractivity contribution in [2.24, 2.45) is 0 Å². The van der Waals surface area contributed by atoms with Crippen LogP contribution in [0.2, 0.25) is 0 Å². The average molecular weight is 414 g/mol. The number of halogens is 1. The lowest BCUT2D eigenvalue weighted by Gasteiger charge is -2.32. The van der Waals surface area contributed by atoms with Crippen molar-refractivity contribution in [3.05, 3.63) is 33.7 Å². The maximum Gasteiger partial charge on any atom is 0.407 e. The topological polar surface area (TPSA) is 87.4 Å². The minimum atomic E-state index is -0.859. The predicted octanol–water partition coefficient (Wildman–Crippen LogP) is 1.06. The molecule has 1 saturated heterocycles. The van der Waals surface area contributed by atoms with Crippen LogP contribution in [0.25, 0.3) is 5.69 Å². The Bertz CT molecular complexity index is 668. The molecule has 1 amide bonds. The Hall–Kier alpha value is -1.75. The van der Waals surface area contributed by atoms with E-state index in [4.69, 9.17) is 5.11 Å². The molecule has 116 valence electrons. The van der Waals surface area contributed by atoms with Crippen molar-refractivity contribution in [3.63, 3.8) is 0 Å². The van der Waals surface area contributed by atoms with Crippen molar-refractivity contribution in [1.82, 2.24) is 30.0 Å². The third kappa shape index (κ3) is 3.53. The fraction of sp³-hybridized carbons (Fsp3) is 0.385. The molecule has 0 spiro atoms. The lowest BCUT2D eigenvalue weighted by atomic mass is 10.3. The van der Waals surface area contributed by atoms with E-state index in [1.807, 2.05) is 24.3 Å². The van der Waals surface area contributed by atoms with E-state index in [2.05, 4.69) is 42.9 Å². The zero-order valence-corrected chi connectivity index (χ0v) is 13.9. The summed E-state index contributed by atoms with van der Waals surface area (Å²) in [5.41, 5.74) is 0.876. The normalized spacial score (nSPS) is 16.0. The first-order chi connectivity index (χ1) is 10.6. The van der Waals surface area contributed by atoms with Gasteiger partial charge in [0.1, 0.15) is 0 Å². The molecule has 2 aromatic rings. The highest BCUT2D eigenvalue weighted by atomic mass is 127. The molecule has 0 bridgehead atoms. The number of hydrogen-bond donors (Lipinski definition) is 1. The van der Waals surface area contributed by atoms with Crippen molar-refractivity contribution in [3.8, 4) is 5.69 Å². The van der Waals surface area contributed by atoms with Crippen LogP contribution < -0.4 is 0 Å². The van der Waals surface area contributed by atoms with Crippen molar-refractivity contribution in [2.75, 3.05) is 26.2 Å². The number of aromatic nitrogens is 4. The number of amides is 1. The van der Waals surface area contributed by atoms with Crippen LogP contribution in [-0.2, 0) is 6.54 Å². The van der Waals surface area contributed by atoms with Gasteiger partial charge in [0.2, 0.25) is 0 Å². The van der Waals surface area contributed by atoms with Gasteiger partial charge in [-0.1, -0.05) is 6.07 Å². The van der Waals surface area contributed by atoms with Crippen LogP contribution in [0.4, 0.5) is 4.79 Å². The fourth-order valence-electron chi connectivity index (χ4n) is 2.31. The molecule has 2 heterocycles. The Labute approximate surface area is 140 Å². The molecule has 1 N–H and O–H groups in total. The molecule has 1 aliphatic heterocycles. The molecule has 0 radical (unpaired) electrons. The van der Waals surface area contributed by atoms with Gasteiger partial charge in [0.25, 0.3) is 0 Å².